The third kappa shape index (κ3) is 5.48. The number of hydrogen-bond donors (Lipinski definition) is 0. The number of thioether (sulfide) groups is 1. The van der Waals surface area contributed by atoms with E-state index in [0.29, 0.717) is 26.4 Å². The summed E-state index contributed by atoms with van der Waals surface area (Å²) in [5.41, 5.74) is 2.35. The predicted octanol–water partition coefficient (Wildman–Crippen LogP) is 6.43. The molecule has 0 radical (unpaired) electrons. The van der Waals surface area contributed by atoms with Gasteiger partial charge in [-0.1, -0.05) is 40.2 Å². The first-order valence-corrected chi connectivity index (χ1v) is 12.3. The Kier molecular flexibility index (Phi) is 7.52. The average Bonchev–Trinajstić information content (AvgIpc) is 3.07. The van der Waals surface area contributed by atoms with Gasteiger partial charge in [0.1, 0.15) is 6.61 Å². The molecule has 0 atom stereocenters. The highest BCUT2D eigenvalue weighted by molar-refractivity contribution is 9.10. The van der Waals surface area contributed by atoms with Gasteiger partial charge >= 0.3 is 0 Å². The van der Waals surface area contributed by atoms with Gasteiger partial charge in [-0.15, -0.1) is 0 Å². The smallest absolute Gasteiger partial charge is 0.293 e. The normalized spacial score (nSPS) is 14.8. The van der Waals surface area contributed by atoms with E-state index >= 15 is 0 Å². The Morgan fingerprint density at radius 3 is 2.58 bits per heavy atom. The van der Waals surface area contributed by atoms with Crippen molar-refractivity contribution >= 4 is 60.8 Å². The highest BCUT2D eigenvalue weighted by Gasteiger charge is 2.35. The molecule has 1 saturated heterocycles. The molecule has 33 heavy (non-hydrogen) atoms. The lowest BCUT2D eigenvalue weighted by Crippen LogP contribution is -2.27. The van der Waals surface area contributed by atoms with Crippen LogP contribution in [-0.2, 0) is 17.9 Å². The first kappa shape index (κ1) is 23.5. The van der Waals surface area contributed by atoms with Gasteiger partial charge in [0, 0.05) is 10.7 Å². The molecule has 2 amide bonds. The Morgan fingerprint density at radius 1 is 1.06 bits per heavy atom. The Bertz CT molecular complexity index is 1230. The summed E-state index contributed by atoms with van der Waals surface area (Å²) in [5, 5.41) is -0.302. The van der Waals surface area contributed by atoms with Crippen LogP contribution in [0.2, 0.25) is 0 Å². The molecule has 4 rings (SSSR count). The topological polar surface area (TPSA) is 68.7 Å². The molecule has 0 spiro atoms. The van der Waals surface area contributed by atoms with Gasteiger partial charge in [-0.25, -0.2) is 0 Å². The molecule has 0 saturated carbocycles. The summed E-state index contributed by atoms with van der Waals surface area (Å²) in [7, 11) is 1.55. The number of methoxy groups -OCH3 is 1. The molecule has 6 nitrogen and oxygen atoms in total. The van der Waals surface area contributed by atoms with Gasteiger partial charge in [-0.2, -0.15) is 0 Å². The Morgan fingerprint density at radius 2 is 1.85 bits per heavy atom. The van der Waals surface area contributed by atoms with E-state index in [-0.39, 0.29) is 24.3 Å². The lowest BCUT2D eigenvalue weighted by molar-refractivity contribution is -0.123. The summed E-state index contributed by atoms with van der Waals surface area (Å²) in [6, 6.07) is 16.7. The highest BCUT2D eigenvalue weighted by atomic mass is 79.9. The molecular formula is C24H18Br2N2O4S. The zero-order chi connectivity index (χ0) is 23.4. The minimum absolute atomic E-state index is 0.205. The molecule has 1 fully saturated rings. The summed E-state index contributed by atoms with van der Waals surface area (Å²) >= 11 is 7.91. The molecule has 2 heterocycles. The summed E-state index contributed by atoms with van der Waals surface area (Å²) in [4.78, 5) is 31.3. The molecular weight excluding hydrogens is 572 g/mol. The van der Waals surface area contributed by atoms with E-state index in [1.807, 2.05) is 48.5 Å². The standard InChI is InChI=1S/C24H18Br2N2O4S/c1-31-20-11-15(10-19(26)22(20)32-14-17-7-4-5-9-27-17)12-21-23(29)28(24(30)33-21)13-16-6-2-3-8-18(16)25/h2-12H,13-14H2,1H3/b21-12-. The van der Waals surface area contributed by atoms with Gasteiger partial charge in [0.25, 0.3) is 11.1 Å². The molecule has 0 aliphatic carbocycles. The van der Waals surface area contributed by atoms with Gasteiger partial charge in [0.2, 0.25) is 0 Å². The zero-order valence-corrected chi connectivity index (χ0v) is 21.4. The minimum Gasteiger partial charge on any atom is -0.493 e. The average molecular weight is 590 g/mol. The van der Waals surface area contributed by atoms with E-state index in [9.17, 15) is 9.59 Å². The Hall–Kier alpha value is -2.62. The van der Waals surface area contributed by atoms with Crippen molar-refractivity contribution < 1.29 is 19.1 Å². The van der Waals surface area contributed by atoms with Crippen LogP contribution in [-0.4, -0.2) is 28.1 Å². The summed E-state index contributed by atoms with van der Waals surface area (Å²) in [6.45, 7) is 0.486. The van der Waals surface area contributed by atoms with Crippen molar-refractivity contribution in [1.82, 2.24) is 9.88 Å². The summed E-state index contributed by atoms with van der Waals surface area (Å²) in [6.07, 6.45) is 3.39. The van der Waals surface area contributed by atoms with E-state index in [1.54, 1.807) is 25.4 Å². The quantitative estimate of drug-likeness (QED) is 0.296. The lowest BCUT2D eigenvalue weighted by Gasteiger charge is -2.14. The first-order valence-electron chi connectivity index (χ1n) is 9.85. The highest BCUT2D eigenvalue weighted by Crippen LogP contribution is 2.39. The molecule has 2 aromatic carbocycles. The minimum atomic E-state index is -0.327. The van der Waals surface area contributed by atoms with Crippen LogP contribution in [0.5, 0.6) is 11.5 Å². The van der Waals surface area contributed by atoms with Gasteiger partial charge in [-0.3, -0.25) is 19.5 Å². The number of ether oxygens (including phenoxy) is 2. The lowest BCUT2D eigenvalue weighted by atomic mass is 10.1. The summed E-state index contributed by atoms with van der Waals surface area (Å²) in [5.74, 6) is 0.702. The van der Waals surface area contributed by atoms with Crippen molar-refractivity contribution in [2.24, 2.45) is 0 Å². The van der Waals surface area contributed by atoms with Crippen LogP contribution in [0.4, 0.5) is 4.79 Å². The first-order chi connectivity index (χ1) is 16.0. The fourth-order valence-electron chi connectivity index (χ4n) is 3.18. The SMILES string of the molecule is COc1cc(/C=C2\SC(=O)N(Cc3ccccc3Br)C2=O)cc(Br)c1OCc1ccccn1. The van der Waals surface area contributed by atoms with Crippen LogP contribution < -0.4 is 9.47 Å². The maximum absolute atomic E-state index is 12.9. The molecule has 168 valence electrons. The predicted molar refractivity (Wildman–Crippen MR) is 135 cm³/mol. The van der Waals surface area contributed by atoms with Crippen LogP contribution in [0.1, 0.15) is 16.8 Å². The Balaban J connectivity index is 1.54. The van der Waals surface area contributed by atoms with Crippen molar-refractivity contribution in [2.75, 3.05) is 7.11 Å². The fourth-order valence-corrected chi connectivity index (χ4v) is 5.00. The van der Waals surface area contributed by atoms with Gasteiger partial charge < -0.3 is 9.47 Å². The van der Waals surface area contributed by atoms with Crippen LogP contribution in [0.3, 0.4) is 0 Å². The van der Waals surface area contributed by atoms with E-state index in [2.05, 4.69) is 36.8 Å². The third-order valence-corrected chi connectivity index (χ3v) is 7.07. The number of nitrogens with zero attached hydrogens (tertiary/aromatic N) is 2. The van der Waals surface area contributed by atoms with E-state index in [4.69, 9.17) is 9.47 Å². The Labute approximate surface area is 212 Å². The number of aromatic nitrogens is 1. The van der Waals surface area contributed by atoms with Crippen molar-refractivity contribution in [3.05, 3.63) is 91.5 Å². The van der Waals surface area contributed by atoms with Gasteiger partial charge in [-0.05, 0) is 75.2 Å². The molecule has 1 aliphatic rings. The van der Waals surface area contributed by atoms with E-state index in [1.165, 1.54) is 4.90 Å². The van der Waals surface area contributed by atoms with Crippen molar-refractivity contribution in [2.45, 2.75) is 13.2 Å². The van der Waals surface area contributed by atoms with Crippen molar-refractivity contribution in [3.8, 4) is 11.5 Å². The van der Waals surface area contributed by atoms with Gasteiger partial charge in [0.15, 0.2) is 11.5 Å². The van der Waals surface area contributed by atoms with E-state index in [0.717, 1.165) is 27.5 Å². The summed E-state index contributed by atoms with van der Waals surface area (Å²) < 4.78 is 12.9. The molecule has 3 aromatic rings. The molecule has 0 bridgehead atoms. The monoisotopic (exact) mass is 588 g/mol. The molecule has 0 unspecified atom stereocenters. The number of rotatable bonds is 7. The van der Waals surface area contributed by atoms with Crippen molar-refractivity contribution in [1.29, 1.82) is 0 Å². The second-order valence-corrected chi connectivity index (χ2v) is 9.70. The molecule has 1 aliphatic heterocycles. The van der Waals surface area contributed by atoms with Crippen molar-refractivity contribution in [3.63, 3.8) is 0 Å². The second-order valence-electron chi connectivity index (χ2n) is 7.00. The maximum Gasteiger partial charge on any atom is 0.293 e. The van der Waals surface area contributed by atoms with Crippen LogP contribution >= 0.6 is 43.6 Å². The second kappa shape index (κ2) is 10.5. The molecule has 1 aromatic heterocycles. The number of carbonyl (C=O) groups excluding carboxylic acids is 2. The molecule has 0 N–H and O–H groups in total. The van der Waals surface area contributed by atoms with E-state index < -0.39 is 0 Å². The number of halogens is 2. The van der Waals surface area contributed by atoms with Crippen LogP contribution in [0, 0.1) is 0 Å². The largest absolute Gasteiger partial charge is 0.493 e. The number of imide groups is 1. The molecule has 9 heteroatoms. The number of carbonyl (C=O) groups is 2. The number of benzene rings is 2. The number of pyridine rings is 1. The number of amides is 2. The third-order valence-electron chi connectivity index (χ3n) is 4.80. The fraction of sp³-hybridized carbons (Fsp3) is 0.125. The maximum atomic E-state index is 12.9. The van der Waals surface area contributed by atoms with Gasteiger partial charge in [0.05, 0.1) is 28.7 Å². The van der Waals surface area contributed by atoms with Crippen LogP contribution in [0.25, 0.3) is 6.08 Å². The number of hydrogen-bond acceptors (Lipinski definition) is 6. The van der Waals surface area contributed by atoms with Crippen LogP contribution in [0.15, 0.2) is 74.6 Å². The zero-order valence-electron chi connectivity index (χ0n) is 17.5.